The number of hydrogen-bond donors (Lipinski definition) is 2. The molecule has 3 rings (SSSR count). The Kier molecular flexibility index (Phi) is 4.98. The Morgan fingerprint density at radius 3 is 2.71 bits per heavy atom. The molecule has 6 nitrogen and oxygen atoms in total. The molecule has 1 aromatic heterocycles. The van der Waals surface area contributed by atoms with Crippen LogP contribution in [-0.4, -0.2) is 39.6 Å². The second-order valence-electron chi connectivity index (χ2n) is 5.43. The predicted octanol–water partition coefficient (Wildman–Crippen LogP) is 1.98. The molecule has 2 N–H and O–H groups in total. The number of benzene rings is 2. The number of aliphatic hydroxyl groups excluding tert-OH is 2. The quantitative estimate of drug-likeness (QED) is 0.693. The zero-order valence-corrected chi connectivity index (χ0v) is 13.4. The lowest BCUT2D eigenvalue weighted by molar-refractivity contribution is 0.0913. The minimum absolute atomic E-state index is 0.130. The van der Waals surface area contributed by atoms with Gasteiger partial charge in [-0.2, -0.15) is 0 Å². The highest BCUT2D eigenvalue weighted by atomic mass is 16.5. The molecule has 126 valence electrons. The van der Waals surface area contributed by atoms with Crippen LogP contribution in [0.1, 0.15) is 5.82 Å². The third-order valence-corrected chi connectivity index (χ3v) is 3.75. The topological polar surface area (TPSA) is 76.7 Å². The largest absolute Gasteiger partial charge is 0.497 e. The van der Waals surface area contributed by atoms with E-state index >= 15 is 0 Å². The Morgan fingerprint density at radius 2 is 1.92 bits per heavy atom. The molecule has 6 heteroatoms. The fourth-order valence-electron chi connectivity index (χ4n) is 2.60. The van der Waals surface area contributed by atoms with Gasteiger partial charge in [-0.25, -0.2) is 4.98 Å². The van der Waals surface area contributed by atoms with Crippen molar-refractivity contribution in [3.05, 3.63) is 54.4 Å². The van der Waals surface area contributed by atoms with Crippen LogP contribution in [0.5, 0.6) is 11.5 Å². The molecule has 0 amide bonds. The normalized spacial score (nSPS) is 12.3. The molecular weight excluding hydrogens is 308 g/mol. The van der Waals surface area contributed by atoms with E-state index in [1.807, 2.05) is 41.0 Å². The summed E-state index contributed by atoms with van der Waals surface area (Å²) in [7, 11) is 1.59. The number of fused-ring (bicyclic) bond motifs is 1. The Balaban J connectivity index is 1.69. The Hall–Kier alpha value is -2.57. The van der Waals surface area contributed by atoms with Crippen molar-refractivity contribution in [3.63, 3.8) is 0 Å². The number of para-hydroxylation sites is 2. The second-order valence-corrected chi connectivity index (χ2v) is 5.43. The zero-order chi connectivity index (χ0) is 16.9. The SMILES string of the molecule is COc1cccc(OC[C@@H](O)Cn2c(CO)nc3ccccc32)c1. The highest BCUT2D eigenvalue weighted by Crippen LogP contribution is 2.20. The lowest BCUT2D eigenvalue weighted by atomic mass is 10.3. The van der Waals surface area contributed by atoms with Crippen molar-refractivity contribution < 1.29 is 19.7 Å². The summed E-state index contributed by atoms with van der Waals surface area (Å²) >= 11 is 0. The maximum atomic E-state index is 10.3. The van der Waals surface area contributed by atoms with Crippen LogP contribution in [0.2, 0.25) is 0 Å². The standard InChI is InChI=1S/C18H20N2O4/c1-23-14-5-4-6-15(9-14)24-12-13(22)10-20-17-8-3-2-7-16(17)19-18(20)11-21/h2-9,13,21-22H,10-12H2,1H3/t13-/m0/s1. The highest BCUT2D eigenvalue weighted by molar-refractivity contribution is 5.75. The van der Waals surface area contributed by atoms with Crippen molar-refractivity contribution >= 4 is 11.0 Å². The summed E-state index contributed by atoms with van der Waals surface area (Å²) in [5, 5.41) is 19.8. The van der Waals surface area contributed by atoms with Crippen molar-refractivity contribution in [2.45, 2.75) is 19.3 Å². The van der Waals surface area contributed by atoms with Gasteiger partial charge in [0.05, 0.1) is 24.7 Å². The predicted molar refractivity (Wildman–Crippen MR) is 90.2 cm³/mol. The summed E-state index contributed by atoms with van der Waals surface area (Å²) in [5.41, 5.74) is 1.67. The van der Waals surface area contributed by atoms with Gasteiger partial charge >= 0.3 is 0 Å². The number of hydrogen-bond acceptors (Lipinski definition) is 5. The molecule has 1 atom stereocenters. The molecule has 0 radical (unpaired) electrons. The lowest BCUT2D eigenvalue weighted by Gasteiger charge is -2.15. The van der Waals surface area contributed by atoms with Crippen molar-refractivity contribution in [1.82, 2.24) is 9.55 Å². The minimum Gasteiger partial charge on any atom is -0.497 e. The molecule has 0 aliphatic carbocycles. The van der Waals surface area contributed by atoms with Crippen LogP contribution in [0.15, 0.2) is 48.5 Å². The van der Waals surface area contributed by atoms with Gasteiger partial charge in [0, 0.05) is 6.07 Å². The van der Waals surface area contributed by atoms with Gasteiger partial charge in [0.15, 0.2) is 0 Å². The van der Waals surface area contributed by atoms with Crippen molar-refractivity contribution in [3.8, 4) is 11.5 Å². The zero-order valence-electron chi connectivity index (χ0n) is 13.4. The monoisotopic (exact) mass is 328 g/mol. The average Bonchev–Trinajstić information content (AvgIpc) is 2.98. The first-order valence-electron chi connectivity index (χ1n) is 7.71. The Morgan fingerprint density at radius 1 is 1.12 bits per heavy atom. The molecule has 0 aliphatic rings. The molecule has 0 bridgehead atoms. The molecule has 1 heterocycles. The molecule has 0 saturated heterocycles. The van der Waals surface area contributed by atoms with Crippen LogP contribution >= 0.6 is 0 Å². The van der Waals surface area contributed by atoms with E-state index in [-0.39, 0.29) is 13.2 Å². The van der Waals surface area contributed by atoms with E-state index in [1.54, 1.807) is 19.2 Å². The average molecular weight is 328 g/mol. The maximum absolute atomic E-state index is 10.3. The number of nitrogens with zero attached hydrogens (tertiary/aromatic N) is 2. The van der Waals surface area contributed by atoms with E-state index in [0.717, 1.165) is 11.0 Å². The number of ether oxygens (including phenoxy) is 2. The fraction of sp³-hybridized carbons (Fsp3) is 0.278. The van der Waals surface area contributed by atoms with Crippen LogP contribution < -0.4 is 9.47 Å². The van der Waals surface area contributed by atoms with Crippen molar-refractivity contribution in [2.24, 2.45) is 0 Å². The van der Waals surface area contributed by atoms with Gasteiger partial charge in [-0.3, -0.25) is 0 Å². The van der Waals surface area contributed by atoms with Crippen LogP contribution in [0.25, 0.3) is 11.0 Å². The summed E-state index contributed by atoms with van der Waals surface area (Å²) < 4.78 is 12.6. The van der Waals surface area contributed by atoms with E-state index in [2.05, 4.69) is 4.98 Å². The van der Waals surface area contributed by atoms with Crippen molar-refractivity contribution in [2.75, 3.05) is 13.7 Å². The van der Waals surface area contributed by atoms with E-state index in [0.29, 0.717) is 23.9 Å². The molecule has 0 saturated carbocycles. The first kappa shape index (κ1) is 16.3. The second kappa shape index (κ2) is 7.33. The molecule has 0 aliphatic heterocycles. The molecular formula is C18H20N2O4. The van der Waals surface area contributed by atoms with Gasteiger partial charge < -0.3 is 24.3 Å². The van der Waals surface area contributed by atoms with Gasteiger partial charge in [-0.15, -0.1) is 0 Å². The van der Waals surface area contributed by atoms with Gasteiger partial charge in [0.25, 0.3) is 0 Å². The van der Waals surface area contributed by atoms with Gasteiger partial charge in [0.1, 0.15) is 36.6 Å². The summed E-state index contributed by atoms with van der Waals surface area (Å²) in [5.74, 6) is 1.85. The van der Waals surface area contributed by atoms with Crippen LogP contribution in [0.3, 0.4) is 0 Å². The van der Waals surface area contributed by atoms with Crippen molar-refractivity contribution in [1.29, 1.82) is 0 Å². The molecule has 0 unspecified atom stereocenters. The number of aliphatic hydroxyl groups is 2. The van der Waals surface area contributed by atoms with Gasteiger partial charge in [-0.05, 0) is 24.3 Å². The van der Waals surface area contributed by atoms with Crippen LogP contribution in [0.4, 0.5) is 0 Å². The molecule has 3 aromatic rings. The summed E-state index contributed by atoms with van der Waals surface area (Å²) in [6, 6.07) is 14.8. The maximum Gasteiger partial charge on any atom is 0.135 e. The third kappa shape index (κ3) is 3.50. The van der Waals surface area contributed by atoms with E-state index in [9.17, 15) is 10.2 Å². The number of imidazole rings is 1. The summed E-state index contributed by atoms with van der Waals surface area (Å²) in [4.78, 5) is 4.37. The van der Waals surface area contributed by atoms with E-state index < -0.39 is 6.10 Å². The van der Waals surface area contributed by atoms with Gasteiger partial charge in [-0.1, -0.05) is 18.2 Å². The molecule has 2 aromatic carbocycles. The number of methoxy groups -OCH3 is 1. The smallest absolute Gasteiger partial charge is 0.135 e. The fourth-order valence-corrected chi connectivity index (χ4v) is 2.60. The van der Waals surface area contributed by atoms with E-state index in [4.69, 9.17) is 9.47 Å². The Labute approximate surface area is 139 Å². The van der Waals surface area contributed by atoms with Gasteiger partial charge in [0.2, 0.25) is 0 Å². The first-order chi connectivity index (χ1) is 11.7. The van der Waals surface area contributed by atoms with Crippen LogP contribution in [0, 0.1) is 0 Å². The minimum atomic E-state index is -0.737. The summed E-state index contributed by atoms with van der Waals surface area (Å²) in [6.07, 6.45) is -0.737. The number of aromatic nitrogens is 2. The first-order valence-corrected chi connectivity index (χ1v) is 7.71. The lowest BCUT2D eigenvalue weighted by Crippen LogP contribution is -2.24. The van der Waals surface area contributed by atoms with Crippen LogP contribution in [-0.2, 0) is 13.2 Å². The highest BCUT2D eigenvalue weighted by Gasteiger charge is 2.14. The Bertz CT molecular complexity index is 816. The number of rotatable bonds is 7. The molecule has 0 fully saturated rings. The molecule has 24 heavy (non-hydrogen) atoms. The third-order valence-electron chi connectivity index (χ3n) is 3.75. The van der Waals surface area contributed by atoms with E-state index in [1.165, 1.54) is 0 Å². The molecule has 0 spiro atoms. The summed E-state index contributed by atoms with van der Waals surface area (Å²) in [6.45, 7) is 0.239.